The average Bonchev–Trinajstić information content (AvgIpc) is 3.29. The molecular formula is C36H38ClN3O4. The van der Waals surface area contributed by atoms with Gasteiger partial charge in [0.05, 0.1) is 5.69 Å². The van der Waals surface area contributed by atoms with Crippen molar-refractivity contribution in [1.29, 1.82) is 0 Å². The van der Waals surface area contributed by atoms with Crippen LogP contribution < -0.4 is 10.6 Å². The van der Waals surface area contributed by atoms with E-state index in [1.807, 2.05) is 38.2 Å². The van der Waals surface area contributed by atoms with E-state index in [0.717, 1.165) is 51.7 Å². The Morgan fingerprint density at radius 3 is 2.34 bits per heavy atom. The maximum atomic E-state index is 13.5. The molecule has 0 unspecified atom stereocenters. The molecule has 0 spiro atoms. The third-order valence-electron chi connectivity index (χ3n) is 8.54. The summed E-state index contributed by atoms with van der Waals surface area (Å²) < 4.78 is 2.17. The maximum absolute atomic E-state index is 13.5. The molecule has 0 bridgehead atoms. The lowest BCUT2D eigenvalue weighted by molar-refractivity contribution is -0.131. The van der Waals surface area contributed by atoms with E-state index in [2.05, 4.69) is 27.3 Å². The zero-order valence-electron chi connectivity index (χ0n) is 25.5. The van der Waals surface area contributed by atoms with Crippen LogP contribution in [0.5, 0.6) is 0 Å². The van der Waals surface area contributed by atoms with E-state index < -0.39 is 11.5 Å². The second-order valence-corrected chi connectivity index (χ2v) is 12.6. The Hall–Kier alpha value is -4.36. The van der Waals surface area contributed by atoms with E-state index in [1.54, 1.807) is 38.1 Å². The quantitative estimate of drug-likeness (QED) is 0.175. The predicted octanol–water partition coefficient (Wildman–Crippen LogP) is 8.10. The monoisotopic (exact) mass is 611 g/mol. The zero-order valence-corrected chi connectivity index (χ0v) is 26.3. The largest absolute Gasteiger partial charge is 0.478 e. The van der Waals surface area contributed by atoms with Gasteiger partial charge >= 0.3 is 5.97 Å². The third kappa shape index (κ3) is 6.58. The summed E-state index contributed by atoms with van der Waals surface area (Å²) in [5, 5.41) is 16.4. The minimum Gasteiger partial charge on any atom is -0.478 e. The molecule has 3 aromatic carbocycles. The molecule has 8 heteroatoms. The molecule has 1 aliphatic carbocycles. The van der Waals surface area contributed by atoms with E-state index in [9.17, 15) is 14.4 Å². The highest BCUT2D eigenvalue weighted by Crippen LogP contribution is 2.44. The van der Waals surface area contributed by atoms with Crippen molar-refractivity contribution in [2.45, 2.75) is 64.3 Å². The molecule has 1 aliphatic rings. The molecule has 0 aliphatic heterocycles. The number of aliphatic carboxylic acids is 1. The number of nitrogens with zero attached hydrogens (tertiary/aromatic N) is 1. The summed E-state index contributed by atoms with van der Waals surface area (Å²) in [7, 11) is 2.04. The molecule has 7 nitrogen and oxygen atoms in total. The van der Waals surface area contributed by atoms with Gasteiger partial charge in [0, 0.05) is 40.3 Å². The fraction of sp³-hybridized carbons (Fsp3) is 0.306. The average molecular weight is 612 g/mol. The number of amides is 2. The van der Waals surface area contributed by atoms with E-state index in [0.29, 0.717) is 22.7 Å². The highest BCUT2D eigenvalue weighted by atomic mass is 35.5. The second-order valence-electron chi connectivity index (χ2n) is 12.2. The Morgan fingerprint density at radius 1 is 0.977 bits per heavy atom. The van der Waals surface area contributed by atoms with E-state index in [4.69, 9.17) is 16.7 Å². The molecule has 4 aromatic rings. The first kappa shape index (κ1) is 31.1. The number of nitrogens with one attached hydrogen (secondary N) is 2. The molecule has 0 atom stereocenters. The molecular weight excluding hydrogens is 574 g/mol. The summed E-state index contributed by atoms with van der Waals surface area (Å²) in [4.78, 5) is 37.4. The fourth-order valence-electron chi connectivity index (χ4n) is 6.05. The minimum absolute atomic E-state index is 0.346. The summed E-state index contributed by atoms with van der Waals surface area (Å²) in [5.74, 6) is -1.32. The van der Waals surface area contributed by atoms with Gasteiger partial charge in [-0.25, -0.2) is 4.79 Å². The number of fused-ring (bicyclic) bond motifs is 1. The van der Waals surface area contributed by atoms with Crippen LogP contribution in [0.3, 0.4) is 0 Å². The Labute approximate surface area is 262 Å². The number of carbonyl (C=O) groups is 3. The Balaban J connectivity index is 1.41. The number of aryl methyl sites for hydroxylation is 2. The number of anilines is 1. The molecule has 44 heavy (non-hydrogen) atoms. The number of hydrogen-bond acceptors (Lipinski definition) is 3. The summed E-state index contributed by atoms with van der Waals surface area (Å²) in [6.07, 6.45) is 8.47. The van der Waals surface area contributed by atoms with Crippen molar-refractivity contribution in [3.05, 3.63) is 94.0 Å². The van der Waals surface area contributed by atoms with E-state index >= 15 is 0 Å². The van der Waals surface area contributed by atoms with Crippen LogP contribution in [0.2, 0.25) is 5.02 Å². The van der Waals surface area contributed by atoms with Gasteiger partial charge in [0.25, 0.3) is 5.91 Å². The standard InChI is InChI=1S/C36H38ClN3O4/c1-22-10-14-25(20-29(22)37)33-32(24-8-6-5-7-9-24)28-18-15-26(21-30(28)40(33)4)34(43)39-36(2,3)35(44)38-27-16-11-23(12-17-27)13-19-31(41)42/h10-21,24H,5-9H2,1-4H3,(H,38,44)(H,39,43)(H,41,42)/b19-13+. The highest BCUT2D eigenvalue weighted by Gasteiger charge is 2.31. The minimum atomic E-state index is -1.21. The van der Waals surface area contributed by atoms with Crippen molar-refractivity contribution in [2.24, 2.45) is 7.05 Å². The van der Waals surface area contributed by atoms with Crippen LogP contribution in [-0.4, -0.2) is 33.0 Å². The normalized spacial score (nSPS) is 14.2. The van der Waals surface area contributed by atoms with Gasteiger partial charge in [-0.3, -0.25) is 9.59 Å². The maximum Gasteiger partial charge on any atom is 0.328 e. The van der Waals surface area contributed by atoms with Crippen molar-refractivity contribution in [1.82, 2.24) is 9.88 Å². The SMILES string of the molecule is Cc1ccc(-c2c(C3CCCCC3)c3ccc(C(=O)NC(C)(C)C(=O)Nc4ccc(/C=C/C(=O)O)cc4)cc3n2C)cc1Cl. The second kappa shape index (κ2) is 12.7. The van der Waals surface area contributed by atoms with Gasteiger partial charge in [0.15, 0.2) is 0 Å². The molecule has 0 saturated heterocycles. The van der Waals surface area contributed by atoms with Gasteiger partial charge in [-0.15, -0.1) is 0 Å². The summed E-state index contributed by atoms with van der Waals surface area (Å²) in [6, 6.07) is 18.8. The molecule has 1 heterocycles. The van der Waals surface area contributed by atoms with Crippen molar-refractivity contribution < 1.29 is 19.5 Å². The highest BCUT2D eigenvalue weighted by molar-refractivity contribution is 6.31. The first-order chi connectivity index (χ1) is 20.9. The van der Waals surface area contributed by atoms with Crippen LogP contribution in [-0.2, 0) is 16.6 Å². The Kier molecular flexibility index (Phi) is 8.97. The summed E-state index contributed by atoms with van der Waals surface area (Å²) in [5.41, 5.74) is 6.00. The number of halogens is 1. The van der Waals surface area contributed by atoms with E-state index in [1.165, 1.54) is 30.9 Å². The number of carboxylic acids is 1. The van der Waals surface area contributed by atoms with Gasteiger partial charge in [-0.1, -0.05) is 61.2 Å². The number of rotatable bonds is 8. The van der Waals surface area contributed by atoms with E-state index in [-0.39, 0.29) is 11.8 Å². The molecule has 1 saturated carbocycles. The van der Waals surface area contributed by atoms with Crippen LogP contribution in [0.25, 0.3) is 28.2 Å². The van der Waals surface area contributed by atoms with Crippen molar-refractivity contribution in [2.75, 3.05) is 5.32 Å². The first-order valence-electron chi connectivity index (χ1n) is 15.0. The molecule has 1 aromatic heterocycles. The molecule has 0 radical (unpaired) electrons. The summed E-state index contributed by atoms with van der Waals surface area (Å²) in [6.45, 7) is 5.32. The zero-order chi connectivity index (χ0) is 31.6. The number of carboxylic acid groups (broad SMARTS) is 1. The first-order valence-corrected chi connectivity index (χ1v) is 15.4. The van der Waals surface area contributed by atoms with Gasteiger partial charge in [-0.05, 0) is 98.2 Å². The van der Waals surface area contributed by atoms with Gasteiger partial charge in [0.1, 0.15) is 5.54 Å². The van der Waals surface area contributed by atoms with Crippen LogP contribution in [0.4, 0.5) is 5.69 Å². The van der Waals surface area contributed by atoms with Gasteiger partial charge in [0.2, 0.25) is 5.91 Å². The van der Waals surface area contributed by atoms with Crippen LogP contribution in [0, 0.1) is 6.92 Å². The topological polar surface area (TPSA) is 100 Å². The molecule has 1 fully saturated rings. The smallest absolute Gasteiger partial charge is 0.328 e. The van der Waals surface area contributed by atoms with Gasteiger partial charge in [-0.2, -0.15) is 0 Å². The Morgan fingerprint density at radius 2 is 1.68 bits per heavy atom. The Bertz CT molecular complexity index is 1760. The van der Waals surface area contributed by atoms with Gasteiger partial charge < -0.3 is 20.3 Å². The van der Waals surface area contributed by atoms with Crippen molar-refractivity contribution in [3.8, 4) is 11.3 Å². The lowest BCUT2D eigenvalue weighted by atomic mass is 9.81. The lowest BCUT2D eigenvalue weighted by Gasteiger charge is -2.25. The van der Waals surface area contributed by atoms with Crippen molar-refractivity contribution >= 4 is 52.1 Å². The molecule has 3 N–H and O–H groups in total. The van der Waals surface area contributed by atoms with Crippen LogP contribution in [0.15, 0.2) is 66.7 Å². The van der Waals surface area contributed by atoms with Crippen LogP contribution in [0.1, 0.15) is 78.9 Å². The molecule has 5 rings (SSSR count). The number of carbonyl (C=O) groups excluding carboxylic acids is 2. The molecule has 228 valence electrons. The van der Waals surface area contributed by atoms with Crippen molar-refractivity contribution in [3.63, 3.8) is 0 Å². The predicted molar refractivity (Wildman–Crippen MR) is 177 cm³/mol. The number of hydrogen-bond donors (Lipinski definition) is 3. The fourth-order valence-corrected chi connectivity index (χ4v) is 6.23. The third-order valence-corrected chi connectivity index (χ3v) is 8.95. The summed E-state index contributed by atoms with van der Waals surface area (Å²) >= 11 is 6.57. The van der Waals surface area contributed by atoms with Crippen LogP contribution >= 0.6 is 11.6 Å². The lowest BCUT2D eigenvalue weighted by Crippen LogP contribution is -2.52. The number of aromatic nitrogens is 1. The molecule has 2 amide bonds. The number of benzene rings is 3.